The summed E-state index contributed by atoms with van der Waals surface area (Å²) in [5.74, 6) is 0. The molecule has 0 N–H and O–H groups in total. The molecule has 0 atom stereocenters. The molecule has 2 aliphatic heterocycles. The zero-order valence-electron chi connectivity index (χ0n) is 27.6. The van der Waals surface area contributed by atoms with Gasteiger partial charge in [-0.1, -0.05) is 87.9 Å². The number of benzene rings is 2. The van der Waals surface area contributed by atoms with Crippen LogP contribution in [0, 0.1) is 12.2 Å². The first-order chi connectivity index (χ1) is 20.7. The molecule has 4 aromatic rings. The van der Waals surface area contributed by atoms with Gasteiger partial charge in [0, 0.05) is 16.1 Å². The van der Waals surface area contributed by atoms with E-state index >= 15 is 0 Å². The molecule has 0 amide bonds. The number of hydrogen-bond acceptors (Lipinski definition) is 0. The predicted octanol–water partition coefficient (Wildman–Crippen LogP) is 4.67. The van der Waals surface area contributed by atoms with Crippen LogP contribution in [0.15, 0.2) is 109 Å². The molecule has 0 unspecified atom stereocenters. The van der Waals surface area contributed by atoms with E-state index in [-0.39, 0.29) is 77.2 Å². The van der Waals surface area contributed by atoms with Crippen molar-refractivity contribution in [3.05, 3.63) is 121 Å². The summed E-state index contributed by atoms with van der Waals surface area (Å²) in [6, 6.07) is 36.5. The molecule has 0 radical (unpaired) electrons. The van der Waals surface area contributed by atoms with Crippen molar-refractivity contribution >= 4 is 48.1 Å². The summed E-state index contributed by atoms with van der Waals surface area (Å²) in [6.07, 6.45) is 25.7. The van der Waals surface area contributed by atoms with Crippen molar-refractivity contribution in [3.8, 4) is 0 Å². The van der Waals surface area contributed by atoms with Gasteiger partial charge in [0.25, 0.3) is 0 Å². The molecular formula is C40H48Cl2Si2Zr2-2. The molecule has 2 heterocycles. The van der Waals surface area contributed by atoms with E-state index in [1.165, 1.54) is 72.7 Å². The second-order valence-electron chi connectivity index (χ2n) is 12.4. The summed E-state index contributed by atoms with van der Waals surface area (Å²) in [6.45, 7) is 4.69. The van der Waals surface area contributed by atoms with Gasteiger partial charge in [-0.25, -0.2) is 24.3 Å². The van der Waals surface area contributed by atoms with Gasteiger partial charge in [-0.2, -0.15) is 36.4 Å². The molecule has 240 valence electrons. The number of fused-ring (bicyclic) bond motifs is 2. The maximum absolute atomic E-state index is 2.99. The van der Waals surface area contributed by atoms with Crippen LogP contribution in [0.1, 0.15) is 52.4 Å². The summed E-state index contributed by atoms with van der Waals surface area (Å²) < 4.78 is 0. The fraction of sp³-hybridized carbons (Fsp3) is 0.350. The number of rotatable bonds is 6. The van der Waals surface area contributed by atoms with Crippen LogP contribution in [0.3, 0.4) is 0 Å². The molecule has 2 aliphatic carbocycles. The molecule has 6 heteroatoms. The molecule has 0 aromatic heterocycles. The van der Waals surface area contributed by atoms with E-state index in [2.05, 4.69) is 111 Å². The molecule has 0 bridgehead atoms. The fourth-order valence-electron chi connectivity index (χ4n) is 7.38. The van der Waals surface area contributed by atoms with Crippen LogP contribution in [0.4, 0.5) is 0 Å². The molecular weight excluding hydrogens is 790 g/mol. The summed E-state index contributed by atoms with van der Waals surface area (Å²) in [4.78, 5) is 0. The number of halogens is 2. The Kier molecular flexibility index (Phi) is 20.9. The van der Waals surface area contributed by atoms with E-state index in [1.807, 2.05) is 24.3 Å². The van der Waals surface area contributed by atoms with Gasteiger partial charge in [-0.15, -0.1) is 81.2 Å². The van der Waals surface area contributed by atoms with E-state index in [9.17, 15) is 0 Å². The molecule has 46 heavy (non-hydrogen) atoms. The van der Waals surface area contributed by atoms with Crippen molar-refractivity contribution in [2.75, 3.05) is 0 Å². The van der Waals surface area contributed by atoms with Gasteiger partial charge in [-0.05, 0) is 0 Å². The zero-order chi connectivity index (χ0) is 29.1. The Balaban J connectivity index is 0.000000332. The van der Waals surface area contributed by atoms with Crippen molar-refractivity contribution in [2.45, 2.75) is 88.6 Å². The Hall–Kier alpha value is -0.600. The van der Waals surface area contributed by atoms with Crippen molar-refractivity contribution < 1.29 is 77.2 Å². The van der Waals surface area contributed by atoms with Gasteiger partial charge in [0.2, 0.25) is 0 Å². The summed E-state index contributed by atoms with van der Waals surface area (Å²) in [7, 11) is -2.06. The standard InChI is InChI=1S/2C15H19Si.2C5H5.2ClH.2Zr/c2*1-2-10-16(11-5-12-16)15-9-8-13-6-3-4-7-14(13)15;2*1-2-4-5-3-1;;;;/h2*3-4,6-9H,2,5,10-12H2,1H3;2*1-3H,4H2;2*1H;;/q4*-1;;;2*+2/p-2. The molecule has 4 aliphatic rings. The molecule has 2 saturated heterocycles. The smallest absolute Gasteiger partial charge is 1.00 e. The van der Waals surface area contributed by atoms with Crippen LogP contribution in [-0.4, -0.2) is 16.1 Å². The van der Waals surface area contributed by atoms with Crippen LogP contribution < -0.4 is 35.2 Å². The second-order valence-corrected chi connectivity index (χ2v) is 21.6. The van der Waals surface area contributed by atoms with Gasteiger partial charge in [0.1, 0.15) is 0 Å². The normalized spacial score (nSPS) is 16.7. The fourth-order valence-corrected chi connectivity index (χ4v) is 16.8. The molecule has 2 fully saturated rings. The molecule has 0 nitrogen and oxygen atoms in total. The summed E-state index contributed by atoms with van der Waals surface area (Å²) in [5.41, 5.74) is 0. The minimum Gasteiger partial charge on any atom is -1.00 e. The van der Waals surface area contributed by atoms with Crippen molar-refractivity contribution in [1.82, 2.24) is 0 Å². The van der Waals surface area contributed by atoms with Crippen molar-refractivity contribution in [2.24, 2.45) is 0 Å². The third kappa shape index (κ3) is 10.7. The van der Waals surface area contributed by atoms with Crippen LogP contribution in [0.25, 0.3) is 21.5 Å². The van der Waals surface area contributed by atoms with Crippen LogP contribution in [-0.2, 0) is 52.4 Å². The number of hydrogen-bond donors (Lipinski definition) is 0. The third-order valence-electron chi connectivity index (χ3n) is 9.75. The second kappa shape index (κ2) is 22.2. The molecule has 0 spiro atoms. The van der Waals surface area contributed by atoms with Crippen LogP contribution >= 0.6 is 0 Å². The van der Waals surface area contributed by atoms with Gasteiger partial charge < -0.3 is 24.8 Å². The zero-order valence-corrected chi connectivity index (χ0v) is 36.1. The molecule has 8 rings (SSSR count). The monoisotopic (exact) mass is 834 g/mol. The van der Waals surface area contributed by atoms with Gasteiger partial charge in [0.05, 0.1) is 0 Å². The number of allylic oxidation sites excluding steroid dienone is 8. The Morgan fingerprint density at radius 2 is 0.978 bits per heavy atom. The largest absolute Gasteiger partial charge is 2.00 e. The molecule has 4 aromatic carbocycles. The van der Waals surface area contributed by atoms with E-state index in [0.717, 1.165) is 12.8 Å². The maximum atomic E-state index is 2.99. The average molecular weight is 838 g/mol. The predicted molar refractivity (Wildman–Crippen MR) is 192 cm³/mol. The first-order valence-corrected chi connectivity index (χ1v) is 21.7. The first kappa shape index (κ1) is 43.4. The minimum absolute atomic E-state index is 0. The quantitative estimate of drug-likeness (QED) is 0.196. The summed E-state index contributed by atoms with van der Waals surface area (Å²) >= 11 is 0. The Bertz CT molecular complexity index is 1400. The van der Waals surface area contributed by atoms with Crippen LogP contribution in [0.2, 0.25) is 36.3 Å². The SMILES string of the molecule is CCC[Si]1([c-]2ccc3ccccc32)CCC1.CCC[Si]1([c-]2ccc3ccccc32)CCC1.[C-]1=CC=CC1.[C-]1=CC=CC1.[Cl-].[Cl-].[Zr+2].[Zr+2]. The van der Waals surface area contributed by atoms with E-state index in [4.69, 9.17) is 0 Å². The van der Waals surface area contributed by atoms with Gasteiger partial charge in [0.15, 0.2) is 0 Å². The summed E-state index contributed by atoms with van der Waals surface area (Å²) in [5, 5.41) is 9.54. The topological polar surface area (TPSA) is 0 Å². The Labute approximate surface area is 332 Å². The molecule has 0 saturated carbocycles. The van der Waals surface area contributed by atoms with Gasteiger partial charge in [-0.3, -0.25) is 12.2 Å². The van der Waals surface area contributed by atoms with Crippen molar-refractivity contribution in [3.63, 3.8) is 0 Å². The maximum Gasteiger partial charge on any atom is 2.00 e. The minimum atomic E-state index is -1.03. The van der Waals surface area contributed by atoms with E-state index < -0.39 is 16.1 Å². The van der Waals surface area contributed by atoms with Gasteiger partial charge >= 0.3 is 52.4 Å². The van der Waals surface area contributed by atoms with Crippen molar-refractivity contribution in [1.29, 1.82) is 0 Å². The van der Waals surface area contributed by atoms with Crippen LogP contribution in [0.5, 0.6) is 0 Å². The Morgan fingerprint density at radius 3 is 1.24 bits per heavy atom. The Morgan fingerprint density at radius 1 is 0.587 bits per heavy atom. The average Bonchev–Trinajstić information content (AvgIpc) is 3.82. The van der Waals surface area contributed by atoms with E-state index in [1.54, 1.807) is 21.1 Å². The van der Waals surface area contributed by atoms with E-state index in [0.29, 0.717) is 0 Å². The first-order valence-electron chi connectivity index (χ1n) is 16.4. The third-order valence-corrected chi connectivity index (χ3v) is 21.1.